The number of piperazine rings is 1. The van der Waals surface area contributed by atoms with E-state index >= 15 is 0 Å². The van der Waals surface area contributed by atoms with Gasteiger partial charge >= 0.3 is 0 Å². The standard InChI is InChI=1S/C14H17ClN4O3S/c15-12-3-1-2-11(8-12)14-9-13(18-22-14)10-17-23(20,21)19-6-4-16-5-7-19/h1-3,8-9,16-17H,4-7,10H2. The van der Waals surface area contributed by atoms with E-state index in [9.17, 15) is 8.42 Å². The third kappa shape index (κ3) is 4.10. The average molecular weight is 357 g/mol. The first kappa shape index (κ1) is 16.4. The second kappa shape index (κ2) is 6.98. The number of halogens is 1. The number of nitrogens with zero attached hydrogens (tertiary/aromatic N) is 2. The molecule has 7 nitrogen and oxygen atoms in total. The maximum Gasteiger partial charge on any atom is 0.279 e. The van der Waals surface area contributed by atoms with Gasteiger partial charge in [0.2, 0.25) is 0 Å². The molecule has 1 aromatic heterocycles. The van der Waals surface area contributed by atoms with Gasteiger partial charge in [-0.05, 0) is 12.1 Å². The molecule has 1 aliphatic rings. The van der Waals surface area contributed by atoms with Crippen LogP contribution in [0, 0.1) is 0 Å². The molecule has 1 aromatic carbocycles. The van der Waals surface area contributed by atoms with Gasteiger partial charge in [0.05, 0.1) is 12.2 Å². The van der Waals surface area contributed by atoms with Crippen molar-refractivity contribution in [1.29, 1.82) is 0 Å². The van der Waals surface area contributed by atoms with Gasteiger partial charge in [0, 0.05) is 42.8 Å². The molecule has 0 spiro atoms. The van der Waals surface area contributed by atoms with E-state index in [1.807, 2.05) is 12.1 Å². The van der Waals surface area contributed by atoms with Gasteiger partial charge in [-0.2, -0.15) is 17.4 Å². The monoisotopic (exact) mass is 356 g/mol. The second-order valence-electron chi connectivity index (χ2n) is 5.17. The zero-order valence-corrected chi connectivity index (χ0v) is 13.9. The molecule has 0 aliphatic carbocycles. The van der Waals surface area contributed by atoms with E-state index < -0.39 is 10.2 Å². The highest BCUT2D eigenvalue weighted by molar-refractivity contribution is 7.87. The van der Waals surface area contributed by atoms with E-state index in [1.54, 1.807) is 18.2 Å². The van der Waals surface area contributed by atoms with Crippen molar-refractivity contribution in [3.8, 4) is 11.3 Å². The Balaban J connectivity index is 1.65. The van der Waals surface area contributed by atoms with Gasteiger partial charge in [-0.1, -0.05) is 28.9 Å². The molecule has 124 valence electrons. The van der Waals surface area contributed by atoms with E-state index in [2.05, 4.69) is 15.2 Å². The Morgan fingerprint density at radius 2 is 2.09 bits per heavy atom. The van der Waals surface area contributed by atoms with E-state index in [-0.39, 0.29) is 6.54 Å². The Morgan fingerprint density at radius 3 is 2.83 bits per heavy atom. The summed E-state index contributed by atoms with van der Waals surface area (Å²) in [5, 5.41) is 7.61. The van der Waals surface area contributed by atoms with Crippen molar-refractivity contribution < 1.29 is 12.9 Å². The third-order valence-electron chi connectivity index (χ3n) is 3.52. The molecule has 3 rings (SSSR count). The highest BCUT2D eigenvalue weighted by atomic mass is 35.5. The molecule has 9 heteroatoms. The summed E-state index contributed by atoms with van der Waals surface area (Å²) >= 11 is 5.94. The van der Waals surface area contributed by atoms with Crippen molar-refractivity contribution in [3.63, 3.8) is 0 Å². The van der Waals surface area contributed by atoms with Gasteiger partial charge in [-0.3, -0.25) is 0 Å². The van der Waals surface area contributed by atoms with Crippen molar-refractivity contribution in [3.05, 3.63) is 41.0 Å². The minimum absolute atomic E-state index is 0.0797. The Hall–Kier alpha value is -1.45. The van der Waals surface area contributed by atoms with Gasteiger partial charge in [0.15, 0.2) is 5.76 Å². The molecule has 1 fully saturated rings. The predicted molar refractivity (Wildman–Crippen MR) is 87.2 cm³/mol. The molecule has 0 saturated carbocycles. The SMILES string of the molecule is O=S(=O)(NCc1cc(-c2cccc(Cl)c2)on1)N1CCNCC1. The molecule has 1 aliphatic heterocycles. The minimum Gasteiger partial charge on any atom is -0.356 e. The summed E-state index contributed by atoms with van der Waals surface area (Å²) in [5.74, 6) is 0.545. The summed E-state index contributed by atoms with van der Waals surface area (Å²) in [6, 6.07) is 8.89. The van der Waals surface area contributed by atoms with Crippen molar-refractivity contribution in [1.82, 2.24) is 19.5 Å². The summed E-state index contributed by atoms with van der Waals surface area (Å²) in [7, 11) is -3.50. The maximum absolute atomic E-state index is 12.2. The number of nitrogens with one attached hydrogen (secondary N) is 2. The number of hydrogen-bond acceptors (Lipinski definition) is 5. The van der Waals surface area contributed by atoms with E-state index in [1.165, 1.54) is 4.31 Å². The van der Waals surface area contributed by atoms with Crippen LogP contribution in [-0.4, -0.2) is 44.1 Å². The zero-order chi connectivity index (χ0) is 16.3. The summed E-state index contributed by atoms with van der Waals surface area (Å²) in [4.78, 5) is 0. The van der Waals surface area contributed by atoms with Gasteiger partial charge in [-0.15, -0.1) is 0 Å². The summed E-state index contributed by atoms with van der Waals surface area (Å²) in [6.45, 7) is 2.31. The van der Waals surface area contributed by atoms with Gasteiger partial charge in [0.1, 0.15) is 0 Å². The van der Waals surface area contributed by atoms with Crippen LogP contribution in [0.15, 0.2) is 34.9 Å². The van der Waals surface area contributed by atoms with Gasteiger partial charge < -0.3 is 9.84 Å². The second-order valence-corrected chi connectivity index (χ2v) is 7.36. The van der Waals surface area contributed by atoms with Crippen LogP contribution in [0.5, 0.6) is 0 Å². The number of aromatic nitrogens is 1. The molecule has 0 amide bonds. The molecule has 0 atom stereocenters. The topological polar surface area (TPSA) is 87.5 Å². The number of benzene rings is 1. The molecular weight excluding hydrogens is 340 g/mol. The van der Waals surface area contributed by atoms with Crippen molar-refractivity contribution in [2.45, 2.75) is 6.54 Å². The Kier molecular flexibility index (Phi) is 4.98. The molecule has 0 radical (unpaired) electrons. The molecule has 0 unspecified atom stereocenters. The van der Waals surface area contributed by atoms with E-state index in [0.717, 1.165) is 5.56 Å². The third-order valence-corrected chi connectivity index (χ3v) is 5.31. The molecule has 23 heavy (non-hydrogen) atoms. The number of hydrogen-bond donors (Lipinski definition) is 2. The van der Waals surface area contributed by atoms with Crippen molar-refractivity contribution in [2.75, 3.05) is 26.2 Å². The average Bonchev–Trinajstić information content (AvgIpc) is 3.03. The van der Waals surface area contributed by atoms with Crippen LogP contribution in [0.25, 0.3) is 11.3 Å². The van der Waals surface area contributed by atoms with Crippen LogP contribution in [0.3, 0.4) is 0 Å². The predicted octanol–water partition coefficient (Wildman–Crippen LogP) is 1.23. The Bertz CT molecular complexity index is 772. The van der Waals surface area contributed by atoms with Gasteiger partial charge in [0.25, 0.3) is 10.2 Å². The minimum atomic E-state index is -3.50. The first-order valence-corrected chi connectivity index (χ1v) is 9.03. The highest BCUT2D eigenvalue weighted by Crippen LogP contribution is 2.23. The summed E-state index contributed by atoms with van der Waals surface area (Å²) in [6.07, 6.45) is 0. The van der Waals surface area contributed by atoms with Crippen LogP contribution >= 0.6 is 11.6 Å². The first-order valence-electron chi connectivity index (χ1n) is 7.21. The maximum atomic E-state index is 12.2. The highest BCUT2D eigenvalue weighted by Gasteiger charge is 2.23. The molecule has 0 bridgehead atoms. The zero-order valence-electron chi connectivity index (χ0n) is 12.3. The fourth-order valence-corrected chi connectivity index (χ4v) is 3.68. The van der Waals surface area contributed by atoms with Crippen LogP contribution in [-0.2, 0) is 16.8 Å². The quantitative estimate of drug-likeness (QED) is 0.841. The smallest absolute Gasteiger partial charge is 0.279 e. The fraction of sp³-hybridized carbons (Fsp3) is 0.357. The largest absolute Gasteiger partial charge is 0.356 e. The fourth-order valence-electron chi connectivity index (χ4n) is 2.31. The lowest BCUT2D eigenvalue weighted by molar-refractivity contribution is 0.354. The van der Waals surface area contributed by atoms with Crippen molar-refractivity contribution >= 4 is 21.8 Å². The lowest BCUT2D eigenvalue weighted by atomic mass is 10.1. The van der Waals surface area contributed by atoms with Crippen LogP contribution in [0.2, 0.25) is 5.02 Å². The number of rotatable bonds is 5. The lowest BCUT2D eigenvalue weighted by Gasteiger charge is -2.26. The van der Waals surface area contributed by atoms with Crippen LogP contribution < -0.4 is 10.0 Å². The molecule has 2 heterocycles. The summed E-state index contributed by atoms with van der Waals surface area (Å²) < 4.78 is 33.6. The van der Waals surface area contributed by atoms with Gasteiger partial charge in [-0.25, -0.2) is 0 Å². The molecule has 1 saturated heterocycles. The lowest BCUT2D eigenvalue weighted by Crippen LogP contribution is -2.50. The van der Waals surface area contributed by atoms with E-state index in [4.69, 9.17) is 16.1 Å². The van der Waals surface area contributed by atoms with Crippen LogP contribution in [0.1, 0.15) is 5.69 Å². The Labute approximate surface area is 139 Å². The molecular formula is C14H17ClN4O3S. The normalized spacial score (nSPS) is 16.6. The molecule has 2 N–H and O–H groups in total. The first-order chi connectivity index (χ1) is 11.0. The van der Waals surface area contributed by atoms with Crippen LogP contribution in [0.4, 0.5) is 0 Å². The summed E-state index contributed by atoms with van der Waals surface area (Å²) in [5.41, 5.74) is 1.31. The van der Waals surface area contributed by atoms with E-state index in [0.29, 0.717) is 42.7 Å². The molecule has 2 aromatic rings. The van der Waals surface area contributed by atoms with Crippen molar-refractivity contribution in [2.24, 2.45) is 0 Å². The Morgan fingerprint density at radius 1 is 1.30 bits per heavy atom.